The van der Waals surface area contributed by atoms with Gasteiger partial charge in [-0.15, -0.1) is 0 Å². The predicted molar refractivity (Wildman–Crippen MR) is 306 cm³/mol. The Hall–Kier alpha value is -6.13. The van der Waals surface area contributed by atoms with Gasteiger partial charge in [-0.2, -0.15) is 0 Å². The van der Waals surface area contributed by atoms with E-state index in [0.29, 0.717) is 0 Å². The third-order valence-electron chi connectivity index (χ3n) is 14.1. The summed E-state index contributed by atoms with van der Waals surface area (Å²) in [4.78, 5) is 18.7. The van der Waals surface area contributed by atoms with Crippen LogP contribution in [0.15, 0.2) is 121 Å². The van der Waals surface area contributed by atoms with Gasteiger partial charge in [0.05, 0.1) is 22.8 Å². The summed E-state index contributed by atoms with van der Waals surface area (Å²) >= 11 is 0. The van der Waals surface area contributed by atoms with E-state index in [4.69, 9.17) is 63.1 Å². The monoisotopic (exact) mass is 1090 g/mol. The van der Waals surface area contributed by atoms with Gasteiger partial charge in [-0.1, -0.05) is 97.1 Å². The summed E-state index contributed by atoms with van der Waals surface area (Å²) in [6, 6.07) is 40.7. The van der Waals surface area contributed by atoms with Crippen molar-refractivity contribution in [2.75, 3.05) is 85.3 Å². The Kier molecular flexibility index (Phi) is 16.4. The highest BCUT2D eigenvalue weighted by molar-refractivity contribution is 6.76. The highest BCUT2D eigenvalue weighted by Crippen LogP contribution is 2.39. The molecular weight excluding hydrogens is 1030 g/mol. The Balaban J connectivity index is 1.39. The van der Waals surface area contributed by atoms with E-state index in [1.807, 2.05) is 97.1 Å². The standard InChI is InChI=1S/C56H62N4O12Si4/c1-61-73(62-2,63-3)41-21-13-37(14-22-41)53-45-29-31-47(57-45)54(38-15-23-42(24-16-38)74(64-4,65-5)66-6)49-33-35-51(59-49)56(40-19-27-44(28-20-40)76(70-10,71-11)72-12)52-36-34-50(60-52)55(48-32-30-46(53)58-48)39-17-25-43(26-18-39)75(67-7,68-8)69-9/h13-36,57,60H,1-12H3. The van der Waals surface area contributed by atoms with Crippen LogP contribution >= 0.6 is 0 Å². The van der Waals surface area contributed by atoms with E-state index in [2.05, 4.69) is 58.5 Å². The van der Waals surface area contributed by atoms with Gasteiger partial charge in [-0.05, 0) is 70.8 Å². The van der Waals surface area contributed by atoms with Crippen LogP contribution in [0.2, 0.25) is 0 Å². The van der Waals surface area contributed by atoms with Crippen molar-refractivity contribution < 1.29 is 53.1 Å². The predicted octanol–water partition coefficient (Wildman–Crippen LogP) is 7.66. The first kappa shape index (κ1) is 54.7. The lowest BCUT2D eigenvalue weighted by molar-refractivity contribution is 0.140. The van der Waals surface area contributed by atoms with Crippen molar-refractivity contribution >= 4 is 102 Å². The Labute approximate surface area is 447 Å². The fraction of sp³-hybridized carbons (Fsp3) is 0.214. The molecule has 0 aliphatic carbocycles. The molecule has 20 heteroatoms. The minimum atomic E-state index is -3.16. The molecule has 2 N–H and O–H groups in total. The summed E-state index contributed by atoms with van der Waals surface area (Å²) in [6.45, 7) is 0. The lowest BCUT2D eigenvalue weighted by Gasteiger charge is -2.24. The number of H-pyrrole nitrogens is 2. The molecule has 2 aliphatic rings. The molecule has 16 nitrogen and oxygen atoms in total. The molecule has 0 amide bonds. The Bertz CT molecular complexity index is 2950. The third kappa shape index (κ3) is 9.59. The van der Waals surface area contributed by atoms with Crippen LogP contribution in [-0.4, -0.2) is 140 Å². The van der Waals surface area contributed by atoms with Crippen molar-refractivity contribution in [1.29, 1.82) is 0 Å². The second kappa shape index (κ2) is 22.8. The molecular formula is C56H62N4O12Si4. The molecule has 0 atom stereocenters. The van der Waals surface area contributed by atoms with E-state index in [9.17, 15) is 0 Å². The molecule has 0 unspecified atom stereocenters. The molecule has 0 saturated carbocycles. The molecule has 0 saturated heterocycles. The lowest BCUT2D eigenvalue weighted by Crippen LogP contribution is -2.54. The summed E-state index contributed by atoms with van der Waals surface area (Å²) < 4.78 is 70.5. The smallest absolute Gasteiger partial charge is 0.373 e. The highest BCUT2D eigenvalue weighted by atomic mass is 28.4. The minimum Gasteiger partial charge on any atom is -0.373 e. The maximum atomic E-state index is 5.87. The molecule has 0 spiro atoms. The molecule has 8 bridgehead atoms. The van der Waals surface area contributed by atoms with E-state index in [-0.39, 0.29) is 0 Å². The van der Waals surface area contributed by atoms with Crippen LogP contribution in [-0.2, 0) is 53.1 Å². The summed E-state index contributed by atoms with van der Waals surface area (Å²) in [5.41, 5.74) is 13.2. The second-order valence-electron chi connectivity index (χ2n) is 17.5. The van der Waals surface area contributed by atoms with Crippen molar-refractivity contribution in [1.82, 2.24) is 19.9 Å². The summed E-state index contributed by atoms with van der Waals surface area (Å²) in [5, 5.41) is 3.25. The second-order valence-corrected chi connectivity index (χ2v) is 29.1. The van der Waals surface area contributed by atoms with Crippen LogP contribution in [0.3, 0.4) is 0 Å². The maximum absolute atomic E-state index is 5.87. The van der Waals surface area contributed by atoms with Crippen LogP contribution in [0, 0.1) is 0 Å². The van der Waals surface area contributed by atoms with Crippen LogP contribution in [0.1, 0.15) is 22.8 Å². The first-order chi connectivity index (χ1) is 36.9. The van der Waals surface area contributed by atoms with Gasteiger partial charge in [-0.25, -0.2) is 9.97 Å². The number of benzene rings is 4. The lowest BCUT2D eigenvalue weighted by atomic mass is 10.0. The number of fused-ring (bicyclic) bond motifs is 8. The van der Waals surface area contributed by atoms with Gasteiger partial charge in [0, 0.05) is 150 Å². The molecule has 76 heavy (non-hydrogen) atoms. The normalized spacial score (nSPS) is 13.0. The SMILES string of the molecule is CO[Si](OC)(OC)c1ccc(-c2c3nc(c(-c4ccc([Si](OC)(OC)OC)cc4)c4ccc([nH]4)c(-c4ccc([Si](OC)(OC)OC)cc4)c4nc(c(-c5ccc([Si](OC)(OC)OC)cc5)c5ccc2[nH]5)C=C4)C=C3)cc1. The van der Waals surface area contributed by atoms with E-state index < -0.39 is 35.2 Å². The number of aromatic amines is 2. The van der Waals surface area contributed by atoms with Gasteiger partial charge in [0.15, 0.2) is 0 Å². The Morgan fingerprint density at radius 2 is 0.421 bits per heavy atom. The molecule has 5 heterocycles. The molecule has 0 fully saturated rings. The summed E-state index contributed by atoms with van der Waals surface area (Å²) in [5.74, 6) is 0. The van der Waals surface area contributed by atoms with Gasteiger partial charge < -0.3 is 63.1 Å². The number of hydrogen-bond donors (Lipinski definition) is 2. The Morgan fingerprint density at radius 3 is 0.579 bits per heavy atom. The van der Waals surface area contributed by atoms with Gasteiger partial charge >= 0.3 is 35.2 Å². The number of aromatic nitrogens is 4. The first-order valence-electron chi connectivity index (χ1n) is 24.2. The summed E-state index contributed by atoms with van der Waals surface area (Å²) in [6.07, 6.45) is 8.22. The highest BCUT2D eigenvalue weighted by Gasteiger charge is 2.43. The number of hydrogen-bond acceptors (Lipinski definition) is 14. The zero-order valence-corrected chi connectivity index (χ0v) is 48.6. The van der Waals surface area contributed by atoms with Crippen LogP contribution in [0.4, 0.5) is 0 Å². The third-order valence-corrected chi connectivity index (χ3v) is 24.7. The number of rotatable bonds is 20. The van der Waals surface area contributed by atoms with Crippen molar-refractivity contribution in [3.05, 3.63) is 144 Å². The molecule has 3 aromatic heterocycles. The molecule has 9 rings (SSSR count). The molecule has 4 aromatic carbocycles. The van der Waals surface area contributed by atoms with Gasteiger partial charge in [-0.3, -0.25) is 0 Å². The molecule has 0 radical (unpaired) electrons. The van der Waals surface area contributed by atoms with E-state index in [1.165, 1.54) is 0 Å². The van der Waals surface area contributed by atoms with Crippen LogP contribution in [0.5, 0.6) is 0 Å². The average molecular weight is 1100 g/mol. The minimum absolute atomic E-state index is 0.734. The van der Waals surface area contributed by atoms with E-state index in [0.717, 1.165) is 110 Å². The topological polar surface area (TPSA) is 168 Å². The zero-order valence-electron chi connectivity index (χ0n) is 44.6. The van der Waals surface area contributed by atoms with Crippen LogP contribution < -0.4 is 20.7 Å². The van der Waals surface area contributed by atoms with Crippen molar-refractivity contribution in [3.8, 4) is 44.5 Å². The molecule has 7 aromatic rings. The fourth-order valence-corrected chi connectivity index (χ4v) is 17.3. The molecule has 394 valence electrons. The van der Waals surface area contributed by atoms with Crippen LogP contribution in [0.25, 0.3) is 90.9 Å². The maximum Gasteiger partial charge on any atom is 0.536 e. The number of nitrogens with zero attached hydrogens (tertiary/aromatic N) is 2. The largest absolute Gasteiger partial charge is 0.536 e. The average Bonchev–Trinajstić information content (AvgIpc) is 4.34. The van der Waals surface area contributed by atoms with Crippen molar-refractivity contribution in [2.24, 2.45) is 0 Å². The Morgan fingerprint density at radius 1 is 0.250 bits per heavy atom. The quantitative estimate of drug-likeness (QED) is 0.0714. The first-order valence-corrected chi connectivity index (χ1v) is 31.1. The zero-order chi connectivity index (χ0) is 53.8. The fourth-order valence-electron chi connectivity index (χ4n) is 10.2. The van der Waals surface area contributed by atoms with Gasteiger partial charge in [0.1, 0.15) is 0 Å². The van der Waals surface area contributed by atoms with Gasteiger partial charge in [0.2, 0.25) is 0 Å². The van der Waals surface area contributed by atoms with Crippen molar-refractivity contribution in [2.45, 2.75) is 0 Å². The summed E-state index contributed by atoms with van der Waals surface area (Å²) in [7, 11) is 6.57. The number of nitrogens with one attached hydrogen (secondary N) is 2. The van der Waals surface area contributed by atoms with Crippen molar-refractivity contribution in [3.63, 3.8) is 0 Å². The van der Waals surface area contributed by atoms with E-state index in [1.54, 1.807) is 85.3 Å². The van der Waals surface area contributed by atoms with E-state index >= 15 is 0 Å². The van der Waals surface area contributed by atoms with Gasteiger partial charge in [0.25, 0.3) is 0 Å². The molecule has 2 aliphatic heterocycles.